The average Bonchev–Trinajstić information content (AvgIpc) is 3.10. The standard InChI is InChI=1S/C19H14BrN5O/c20-14-7-5-13(6-8-14)12-25-18(9-10-22-25)24-19(26)17-11-21-15-3-1-2-4-16(15)23-17/h1-11H,12H2,(H,24,26). The van der Waals surface area contributed by atoms with Crippen LogP contribution < -0.4 is 5.32 Å². The van der Waals surface area contributed by atoms with Gasteiger partial charge in [0.2, 0.25) is 0 Å². The molecule has 2 aromatic carbocycles. The smallest absolute Gasteiger partial charge is 0.277 e. The molecule has 4 aromatic rings. The van der Waals surface area contributed by atoms with Crippen molar-refractivity contribution in [1.29, 1.82) is 0 Å². The number of carbonyl (C=O) groups is 1. The first-order valence-electron chi connectivity index (χ1n) is 7.98. The van der Waals surface area contributed by atoms with Crippen LogP contribution in [0.25, 0.3) is 11.0 Å². The fourth-order valence-electron chi connectivity index (χ4n) is 2.57. The van der Waals surface area contributed by atoms with Gasteiger partial charge in [0, 0.05) is 10.5 Å². The number of fused-ring (bicyclic) bond motifs is 1. The van der Waals surface area contributed by atoms with Crippen LogP contribution in [0.15, 0.2) is 71.5 Å². The molecule has 0 saturated carbocycles. The monoisotopic (exact) mass is 407 g/mol. The largest absolute Gasteiger partial charge is 0.305 e. The fraction of sp³-hybridized carbons (Fsp3) is 0.0526. The summed E-state index contributed by atoms with van der Waals surface area (Å²) in [5, 5.41) is 7.14. The second-order valence-corrected chi connectivity index (χ2v) is 6.61. The molecule has 2 heterocycles. The lowest BCUT2D eigenvalue weighted by molar-refractivity contribution is 0.102. The molecule has 0 radical (unpaired) electrons. The molecule has 0 bridgehead atoms. The first-order valence-corrected chi connectivity index (χ1v) is 8.78. The van der Waals surface area contributed by atoms with E-state index >= 15 is 0 Å². The van der Waals surface area contributed by atoms with Crippen molar-refractivity contribution < 1.29 is 4.79 Å². The number of carbonyl (C=O) groups excluding carboxylic acids is 1. The highest BCUT2D eigenvalue weighted by atomic mass is 79.9. The average molecular weight is 408 g/mol. The van der Waals surface area contributed by atoms with E-state index in [1.165, 1.54) is 6.20 Å². The first-order chi connectivity index (χ1) is 12.7. The minimum atomic E-state index is -0.319. The normalized spacial score (nSPS) is 10.8. The van der Waals surface area contributed by atoms with Crippen LogP contribution in [0.4, 0.5) is 5.82 Å². The van der Waals surface area contributed by atoms with Crippen molar-refractivity contribution >= 4 is 38.7 Å². The summed E-state index contributed by atoms with van der Waals surface area (Å²) in [6.45, 7) is 0.555. The molecule has 0 aliphatic heterocycles. The van der Waals surface area contributed by atoms with Crippen LogP contribution in [0.5, 0.6) is 0 Å². The molecule has 6 nitrogen and oxygen atoms in total. The number of anilines is 1. The molecule has 0 aliphatic carbocycles. The SMILES string of the molecule is O=C(Nc1ccnn1Cc1ccc(Br)cc1)c1cnc2ccccc2n1. The van der Waals surface area contributed by atoms with Gasteiger partial charge in [0.05, 0.1) is 30.0 Å². The zero-order chi connectivity index (χ0) is 17.9. The van der Waals surface area contributed by atoms with E-state index < -0.39 is 0 Å². The maximum atomic E-state index is 12.5. The number of halogens is 1. The van der Waals surface area contributed by atoms with Crippen LogP contribution in [0, 0.1) is 0 Å². The van der Waals surface area contributed by atoms with Gasteiger partial charge in [0.1, 0.15) is 11.5 Å². The van der Waals surface area contributed by atoms with Gasteiger partial charge >= 0.3 is 0 Å². The molecular formula is C19H14BrN5O. The van der Waals surface area contributed by atoms with E-state index in [1.807, 2.05) is 48.5 Å². The number of nitrogens with one attached hydrogen (secondary N) is 1. The highest BCUT2D eigenvalue weighted by Gasteiger charge is 2.12. The van der Waals surface area contributed by atoms with Crippen molar-refractivity contribution in [3.63, 3.8) is 0 Å². The third-order valence-electron chi connectivity index (χ3n) is 3.88. The summed E-state index contributed by atoms with van der Waals surface area (Å²) in [4.78, 5) is 21.2. The Balaban J connectivity index is 1.54. The maximum absolute atomic E-state index is 12.5. The molecule has 7 heteroatoms. The van der Waals surface area contributed by atoms with Gasteiger partial charge in [0.25, 0.3) is 5.91 Å². The number of aromatic nitrogens is 4. The minimum Gasteiger partial charge on any atom is -0.305 e. The molecule has 4 rings (SSSR count). The Morgan fingerprint density at radius 1 is 1.04 bits per heavy atom. The predicted molar refractivity (Wildman–Crippen MR) is 103 cm³/mol. The third-order valence-corrected chi connectivity index (χ3v) is 4.41. The number of nitrogens with zero attached hydrogens (tertiary/aromatic N) is 4. The molecular weight excluding hydrogens is 394 g/mol. The summed E-state index contributed by atoms with van der Waals surface area (Å²) in [7, 11) is 0. The maximum Gasteiger partial charge on any atom is 0.277 e. The zero-order valence-electron chi connectivity index (χ0n) is 13.6. The Labute approximate surface area is 158 Å². The summed E-state index contributed by atoms with van der Waals surface area (Å²) in [5.41, 5.74) is 2.78. The lowest BCUT2D eigenvalue weighted by atomic mass is 10.2. The van der Waals surface area contributed by atoms with Crippen LogP contribution in [-0.4, -0.2) is 25.7 Å². The second-order valence-electron chi connectivity index (χ2n) is 5.70. The Bertz CT molecular complexity index is 1070. The molecule has 128 valence electrons. The Morgan fingerprint density at radius 3 is 2.62 bits per heavy atom. The van der Waals surface area contributed by atoms with Gasteiger partial charge in [-0.1, -0.05) is 40.2 Å². The molecule has 0 saturated heterocycles. The van der Waals surface area contributed by atoms with E-state index in [4.69, 9.17) is 0 Å². The number of benzene rings is 2. The van der Waals surface area contributed by atoms with E-state index in [0.29, 0.717) is 17.9 Å². The quantitative estimate of drug-likeness (QED) is 0.556. The summed E-state index contributed by atoms with van der Waals surface area (Å²) in [6.07, 6.45) is 3.13. The third kappa shape index (κ3) is 3.48. The summed E-state index contributed by atoms with van der Waals surface area (Å²) in [6, 6.07) is 17.2. The number of para-hydroxylation sites is 2. The first kappa shape index (κ1) is 16.4. The number of hydrogen-bond donors (Lipinski definition) is 1. The summed E-state index contributed by atoms with van der Waals surface area (Å²) in [5.74, 6) is 0.286. The Hall–Kier alpha value is -3.06. The van der Waals surface area contributed by atoms with Gasteiger partial charge in [0.15, 0.2) is 0 Å². The second kappa shape index (κ2) is 7.05. The summed E-state index contributed by atoms with van der Waals surface area (Å²) < 4.78 is 2.75. The van der Waals surface area contributed by atoms with Crippen LogP contribution in [0.3, 0.4) is 0 Å². The van der Waals surface area contributed by atoms with Crippen LogP contribution in [0.1, 0.15) is 16.1 Å². The van der Waals surface area contributed by atoms with Crippen LogP contribution in [0.2, 0.25) is 0 Å². The fourth-order valence-corrected chi connectivity index (χ4v) is 2.84. The van der Waals surface area contributed by atoms with Gasteiger partial charge in [-0.3, -0.25) is 9.78 Å². The van der Waals surface area contributed by atoms with E-state index in [1.54, 1.807) is 16.9 Å². The number of amides is 1. The molecule has 26 heavy (non-hydrogen) atoms. The highest BCUT2D eigenvalue weighted by Crippen LogP contribution is 2.15. The zero-order valence-corrected chi connectivity index (χ0v) is 15.2. The topological polar surface area (TPSA) is 72.7 Å². The van der Waals surface area contributed by atoms with Crippen molar-refractivity contribution in [2.24, 2.45) is 0 Å². The van der Waals surface area contributed by atoms with Gasteiger partial charge in [-0.05, 0) is 29.8 Å². The molecule has 2 aromatic heterocycles. The van der Waals surface area contributed by atoms with Crippen molar-refractivity contribution in [3.8, 4) is 0 Å². The Kier molecular flexibility index (Phi) is 4.45. The summed E-state index contributed by atoms with van der Waals surface area (Å²) >= 11 is 3.42. The van der Waals surface area contributed by atoms with Gasteiger partial charge in [-0.25, -0.2) is 9.67 Å². The molecule has 1 N–H and O–H groups in total. The number of hydrogen-bond acceptors (Lipinski definition) is 4. The van der Waals surface area contributed by atoms with Gasteiger partial charge < -0.3 is 5.32 Å². The molecule has 0 spiro atoms. The lowest BCUT2D eigenvalue weighted by Crippen LogP contribution is -2.17. The highest BCUT2D eigenvalue weighted by molar-refractivity contribution is 9.10. The van der Waals surface area contributed by atoms with Crippen molar-refractivity contribution in [1.82, 2.24) is 19.7 Å². The molecule has 0 atom stereocenters. The van der Waals surface area contributed by atoms with Crippen LogP contribution >= 0.6 is 15.9 Å². The van der Waals surface area contributed by atoms with Crippen molar-refractivity contribution in [2.75, 3.05) is 5.32 Å². The van der Waals surface area contributed by atoms with E-state index in [-0.39, 0.29) is 11.6 Å². The van der Waals surface area contributed by atoms with E-state index in [9.17, 15) is 4.79 Å². The number of rotatable bonds is 4. The minimum absolute atomic E-state index is 0.264. The van der Waals surface area contributed by atoms with Crippen molar-refractivity contribution in [2.45, 2.75) is 6.54 Å². The van der Waals surface area contributed by atoms with E-state index in [0.717, 1.165) is 15.6 Å². The predicted octanol–water partition coefficient (Wildman–Crippen LogP) is 3.89. The Morgan fingerprint density at radius 2 is 1.81 bits per heavy atom. The van der Waals surface area contributed by atoms with Gasteiger partial charge in [-0.2, -0.15) is 5.10 Å². The molecule has 1 amide bonds. The van der Waals surface area contributed by atoms with Crippen molar-refractivity contribution in [3.05, 3.63) is 82.7 Å². The molecule has 0 fully saturated rings. The van der Waals surface area contributed by atoms with Crippen LogP contribution in [-0.2, 0) is 6.54 Å². The lowest BCUT2D eigenvalue weighted by Gasteiger charge is -2.09. The molecule has 0 aliphatic rings. The van der Waals surface area contributed by atoms with E-state index in [2.05, 4.69) is 36.3 Å². The molecule has 0 unspecified atom stereocenters. The van der Waals surface area contributed by atoms with Gasteiger partial charge in [-0.15, -0.1) is 0 Å².